The standard InChI is InChI=1S/C5H5.Ru.4H/c1-2-4-5-3-1;;;;;/h1-3H,4H2;;;;;/q-1;+5;4*-1. The van der Waals surface area contributed by atoms with Gasteiger partial charge in [-0.1, -0.05) is 0 Å². The van der Waals surface area contributed by atoms with Crippen LogP contribution in [0.5, 0.6) is 0 Å². The number of hydrogen-bond acceptors (Lipinski definition) is 0. The minimum absolute atomic E-state index is 0. The molecule has 0 heterocycles. The first-order valence-electron chi connectivity index (χ1n) is 1.72. The van der Waals surface area contributed by atoms with E-state index in [1.165, 1.54) is 0 Å². The van der Waals surface area contributed by atoms with Gasteiger partial charge >= 0.3 is 19.5 Å². The topological polar surface area (TPSA) is 0 Å². The molecule has 1 aliphatic carbocycles. The van der Waals surface area contributed by atoms with Crippen LogP contribution >= 0.6 is 0 Å². The van der Waals surface area contributed by atoms with Gasteiger partial charge in [0.15, 0.2) is 0 Å². The fourth-order valence-corrected chi connectivity index (χ4v) is 0.340. The van der Waals surface area contributed by atoms with E-state index in [2.05, 4.69) is 12.2 Å². The fourth-order valence-electron chi connectivity index (χ4n) is 0.340. The van der Waals surface area contributed by atoms with E-state index in [0.717, 1.165) is 6.42 Å². The monoisotopic (exact) mass is 171 g/mol. The number of rotatable bonds is 0. The van der Waals surface area contributed by atoms with Crippen molar-refractivity contribution in [1.82, 2.24) is 0 Å². The predicted octanol–water partition coefficient (Wildman–Crippen LogP) is 1.75. The number of allylic oxidation sites excluding steroid dienone is 4. The minimum Gasteiger partial charge on any atom is -1.00 e. The molecular formula is C5H9Ru. The van der Waals surface area contributed by atoms with Crippen molar-refractivity contribution in [3.63, 3.8) is 0 Å². The Hall–Kier alpha value is 0.103. The first-order valence-corrected chi connectivity index (χ1v) is 1.72. The average Bonchev–Trinajstić information content (AvgIpc) is 1.76. The van der Waals surface area contributed by atoms with Gasteiger partial charge in [0.05, 0.1) is 0 Å². The maximum absolute atomic E-state index is 2.99. The zero-order valence-corrected chi connectivity index (χ0v) is 5.03. The van der Waals surface area contributed by atoms with Crippen LogP contribution in [0.1, 0.15) is 12.1 Å². The first kappa shape index (κ1) is 6.10. The second-order valence-corrected chi connectivity index (χ2v) is 1.00. The Labute approximate surface area is 56.6 Å². The summed E-state index contributed by atoms with van der Waals surface area (Å²) in [6, 6.07) is 0. The molecule has 0 saturated carbocycles. The van der Waals surface area contributed by atoms with Crippen LogP contribution in [0, 0.1) is 6.08 Å². The van der Waals surface area contributed by atoms with E-state index in [0.29, 0.717) is 0 Å². The molecule has 0 N–H and O–H groups in total. The summed E-state index contributed by atoms with van der Waals surface area (Å²) in [7, 11) is 0. The molecule has 1 aliphatic rings. The summed E-state index contributed by atoms with van der Waals surface area (Å²) in [4.78, 5) is 0. The van der Waals surface area contributed by atoms with Crippen LogP contribution in [0.3, 0.4) is 0 Å². The summed E-state index contributed by atoms with van der Waals surface area (Å²) < 4.78 is 0. The summed E-state index contributed by atoms with van der Waals surface area (Å²) >= 11 is 0. The first-order chi connectivity index (χ1) is 2.50. The van der Waals surface area contributed by atoms with Crippen molar-refractivity contribution < 1.29 is 25.2 Å². The van der Waals surface area contributed by atoms with Crippen LogP contribution in [-0.4, -0.2) is 0 Å². The molecule has 0 aliphatic heterocycles. The van der Waals surface area contributed by atoms with Gasteiger partial charge in [0.25, 0.3) is 0 Å². The van der Waals surface area contributed by atoms with Crippen LogP contribution < -0.4 is 0 Å². The minimum atomic E-state index is 0. The van der Waals surface area contributed by atoms with Crippen LogP contribution in [-0.2, 0) is 19.5 Å². The molecule has 0 saturated heterocycles. The van der Waals surface area contributed by atoms with E-state index in [-0.39, 0.29) is 25.2 Å². The van der Waals surface area contributed by atoms with Crippen LogP contribution in [0.25, 0.3) is 0 Å². The van der Waals surface area contributed by atoms with Crippen molar-refractivity contribution in [3.8, 4) is 0 Å². The Kier molecular flexibility index (Phi) is 3.36. The van der Waals surface area contributed by atoms with E-state index in [1.54, 1.807) is 0 Å². The third-order valence-corrected chi connectivity index (χ3v) is 0.586. The summed E-state index contributed by atoms with van der Waals surface area (Å²) in [5.41, 5.74) is 0. The number of hydrogen-bond donors (Lipinski definition) is 0. The second kappa shape index (κ2) is 3.30. The molecule has 1 radical (unpaired) electrons. The molecule has 6 heavy (non-hydrogen) atoms. The van der Waals surface area contributed by atoms with Crippen LogP contribution in [0.15, 0.2) is 18.2 Å². The second-order valence-electron chi connectivity index (χ2n) is 1.00. The smallest absolute Gasteiger partial charge is 1.00 e. The molecule has 0 atom stereocenters. The van der Waals surface area contributed by atoms with E-state index >= 15 is 0 Å². The SMILES string of the molecule is [C-]1=CC=CC1.[H-].[H-].[H-].[H-].[Ru+5]. The molecule has 1 rings (SSSR count). The molecule has 0 aromatic carbocycles. The van der Waals surface area contributed by atoms with Crippen LogP contribution in [0.2, 0.25) is 0 Å². The zero-order chi connectivity index (χ0) is 3.54. The molecule has 0 unspecified atom stereocenters. The molecule has 0 fully saturated rings. The van der Waals surface area contributed by atoms with E-state index < -0.39 is 0 Å². The van der Waals surface area contributed by atoms with Crippen molar-refractivity contribution in [3.05, 3.63) is 24.3 Å². The summed E-state index contributed by atoms with van der Waals surface area (Å²) in [5.74, 6) is 0. The normalized spacial score (nSPS) is 14.7. The van der Waals surface area contributed by atoms with Gasteiger partial charge in [-0.2, -0.15) is 6.08 Å². The molecule has 0 aromatic rings. The van der Waals surface area contributed by atoms with Gasteiger partial charge in [-0.05, 0) is 0 Å². The van der Waals surface area contributed by atoms with Crippen molar-refractivity contribution >= 4 is 0 Å². The molecule has 0 amide bonds. The van der Waals surface area contributed by atoms with Crippen molar-refractivity contribution in [1.29, 1.82) is 0 Å². The molecule has 0 bridgehead atoms. The van der Waals surface area contributed by atoms with Gasteiger partial charge in [-0.25, -0.2) is 12.2 Å². The third kappa shape index (κ3) is 1.52. The molecule has 37 valence electrons. The molecule has 0 nitrogen and oxygen atoms in total. The van der Waals surface area contributed by atoms with Crippen molar-refractivity contribution in [2.24, 2.45) is 0 Å². The fraction of sp³-hybridized carbons (Fsp3) is 0.200. The molecule has 1 heteroatoms. The largest absolute Gasteiger partial charge is 5.00 e. The zero-order valence-electron chi connectivity index (χ0n) is 7.29. The van der Waals surface area contributed by atoms with Gasteiger partial charge in [-0.15, -0.1) is 6.42 Å². The third-order valence-electron chi connectivity index (χ3n) is 0.586. The maximum atomic E-state index is 2.99. The van der Waals surface area contributed by atoms with E-state index in [4.69, 9.17) is 0 Å². The van der Waals surface area contributed by atoms with Gasteiger partial charge in [0.1, 0.15) is 0 Å². The molecular weight excluding hydrogens is 161 g/mol. The van der Waals surface area contributed by atoms with E-state index in [1.807, 2.05) is 12.2 Å². The van der Waals surface area contributed by atoms with Crippen molar-refractivity contribution in [2.75, 3.05) is 0 Å². The van der Waals surface area contributed by atoms with Gasteiger partial charge < -0.3 is 5.71 Å². The Morgan fingerprint density at radius 2 is 2.50 bits per heavy atom. The Morgan fingerprint density at radius 1 is 1.67 bits per heavy atom. The van der Waals surface area contributed by atoms with Gasteiger partial charge in [0, 0.05) is 0 Å². The molecule has 0 aromatic heterocycles. The quantitative estimate of drug-likeness (QED) is 0.384. The van der Waals surface area contributed by atoms with Gasteiger partial charge in [0.2, 0.25) is 0 Å². The Morgan fingerprint density at radius 3 is 2.67 bits per heavy atom. The average molecular weight is 170 g/mol. The maximum Gasteiger partial charge on any atom is 5.00 e. The predicted molar refractivity (Wildman–Crippen MR) is 26.0 cm³/mol. The molecule has 0 spiro atoms. The van der Waals surface area contributed by atoms with Gasteiger partial charge in [-0.3, -0.25) is 6.08 Å². The Balaban J connectivity index is -0.0000000167. The summed E-state index contributed by atoms with van der Waals surface area (Å²) in [6.45, 7) is 0. The summed E-state index contributed by atoms with van der Waals surface area (Å²) in [5, 5.41) is 0. The van der Waals surface area contributed by atoms with E-state index in [9.17, 15) is 0 Å². The Bertz CT molecular complexity index is 71.7. The van der Waals surface area contributed by atoms with Crippen LogP contribution in [0.4, 0.5) is 0 Å². The summed E-state index contributed by atoms with van der Waals surface area (Å²) in [6.07, 6.45) is 10.0. The van der Waals surface area contributed by atoms with Crippen molar-refractivity contribution in [2.45, 2.75) is 6.42 Å².